The summed E-state index contributed by atoms with van der Waals surface area (Å²) in [6.45, 7) is 4.17. The topological polar surface area (TPSA) is 32.8 Å². The van der Waals surface area contributed by atoms with Crippen LogP contribution in [0.3, 0.4) is 0 Å². The molecular formula is C27H26N2O2. The van der Waals surface area contributed by atoms with E-state index in [1.165, 1.54) is 5.56 Å². The Morgan fingerprint density at radius 1 is 0.806 bits per heavy atom. The van der Waals surface area contributed by atoms with Gasteiger partial charge in [0.15, 0.2) is 0 Å². The lowest BCUT2D eigenvalue weighted by molar-refractivity contribution is -0.133. The van der Waals surface area contributed by atoms with Crippen molar-refractivity contribution in [3.05, 3.63) is 102 Å². The Kier molecular flexibility index (Phi) is 5.55. The molecule has 0 unspecified atom stereocenters. The van der Waals surface area contributed by atoms with Gasteiger partial charge in [-0.3, -0.25) is 9.69 Å². The number of para-hydroxylation sites is 2. The first kappa shape index (κ1) is 19.6. The lowest BCUT2D eigenvalue weighted by Crippen LogP contribution is -2.50. The maximum atomic E-state index is 13.6. The van der Waals surface area contributed by atoms with Gasteiger partial charge in [-0.05, 0) is 17.7 Å². The number of piperazine rings is 1. The first-order valence-corrected chi connectivity index (χ1v) is 10.9. The summed E-state index contributed by atoms with van der Waals surface area (Å²) < 4.78 is 6.06. The molecule has 0 saturated carbocycles. The quantitative estimate of drug-likeness (QED) is 0.620. The predicted octanol–water partition coefficient (Wildman–Crippen LogP) is 4.78. The number of fused-ring (bicyclic) bond motifs is 2. The van der Waals surface area contributed by atoms with Gasteiger partial charge >= 0.3 is 0 Å². The summed E-state index contributed by atoms with van der Waals surface area (Å²) in [5.41, 5.74) is 3.13. The Labute approximate surface area is 183 Å². The van der Waals surface area contributed by atoms with E-state index in [0.29, 0.717) is 0 Å². The number of nitrogens with zero attached hydrogens (tertiary/aromatic N) is 2. The van der Waals surface area contributed by atoms with Gasteiger partial charge in [-0.1, -0.05) is 78.9 Å². The summed E-state index contributed by atoms with van der Waals surface area (Å²) in [4.78, 5) is 18.0. The van der Waals surface area contributed by atoms with Gasteiger partial charge in [-0.25, -0.2) is 0 Å². The molecule has 31 heavy (non-hydrogen) atoms. The van der Waals surface area contributed by atoms with Crippen molar-refractivity contribution in [1.82, 2.24) is 9.80 Å². The van der Waals surface area contributed by atoms with Crippen molar-refractivity contribution < 1.29 is 9.53 Å². The zero-order valence-electron chi connectivity index (χ0n) is 17.5. The zero-order valence-corrected chi connectivity index (χ0v) is 17.5. The van der Waals surface area contributed by atoms with Crippen molar-refractivity contribution >= 4 is 12.0 Å². The highest BCUT2D eigenvalue weighted by atomic mass is 16.5. The fraction of sp³-hybridized carbons (Fsp3) is 0.222. The molecule has 156 valence electrons. The molecule has 2 aliphatic rings. The van der Waals surface area contributed by atoms with Gasteiger partial charge in [0.1, 0.15) is 11.5 Å². The average Bonchev–Trinajstić information content (AvgIpc) is 2.83. The molecule has 1 saturated heterocycles. The van der Waals surface area contributed by atoms with E-state index >= 15 is 0 Å². The van der Waals surface area contributed by atoms with Crippen LogP contribution in [-0.2, 0) is 4.79 Å². The van der Waals surface area contributed by atoms with Crippen LogP contribution >= 0.6 is 0 Å². The standard InChI is InChI=1S/C27H26N2O2/c30-27(26-22-12-4-6-14-24(22)31-25-15-7-5-13-23(25)26)29-19-17-28(18-20-29)16-8-11-21-9-2-1-3-10-21/h1-15,26H,16-20H2. The summed E-state index contributed by atoms with van der Waals surface area (Å²) in [7, 11) is 0. The van der Waals surface area contributed by atoms with Crippen LogP contribution in [0.2, 0.25) is 0 Å². The van der Waals surface area contributed by atoms with Gasteiger partial charge in [-0.2, -0.15) is 0 Å². The molecule has 4 heteroatoms. The number of carbonyl (C=O) groups is 1. The molecular weight excluding hydrogens is 384 g/mol. The van der Waals surface area contributed by atoms with Crippen molar-refractivity contribution in [3.8, 4) is 11.5 Å². The smallest absolute Gasteiger partial charge is 0.234 e. The summed E-state index contributed by atoms with van der Waals surface area (Å²) in [6, 6.07) is 26.1. The molecule has 4 nitrogen and oxygen atoms in total. The maximum absolute atomic E-state index is 13.6. The Morgan fingerprint density at radius 2 is 1.39 bits per heavy atom. The lowest BCUT2D eigenvalue weighted by Gasteiger charge is -2.37. The average molecular weight is 411 g/mol. The molecule has 3 aromatic rings. The number of hydrogen-bond acceptors (Lipinski definition) is 3. The highest BCUT2D eigenvalue weighted by Crippen LogP contribution is 2.44. The van der Waals surface area contributed by atoms with E-state index in [2.05, 4.69) is 41.3 Å². The van der Waals surface area contributed by atoms with Gasteiger partial charge in [0, 0.05) is 43.9 Å². The first-order chi connectivity index (χ1) is 15.3. The fourth-order valence-electron chi connectivity index (χ4n) is 4.41. The monoisotopic (exact) mass is 410 g/mol. The molecule has 1 amide bonds. The van der Waals surface area contributed by atoms with Crippen LogP contribution in [-0.4, -0.2) is 48.4 Å². The van der Waals surface area contributed by atoms with E-state index < -0.39 is 0 Å². The van der Waals surface area contributed by atoms with Gasteiger partial charge in [0.2, 0.25) is 5.91 Å². The Balaban J connectivity index is 1.26. The van der Waals surface area contributed by atoms with E-state index in [-0.39, 0.29) is 11.8 Å². The molecule has 2 heterocycles. The Hall–Kier alpha value is -3.37. The second-order valence-corrected chi connectivity index (χ2v) is 8.05. The number of hydrogen-bond donors (Lipinski definition) is 0. The molecule has 0 aliphatic carbocycles. The van der Waals surface area contributed by atoms with E-state index in [1.807, 2.05) is 59.5 Å². The molecule has 2 aliphatic heterocycles. The third-order valence-electron chi connectivity index (χ3n) is 6.08. The van der Waals surface area contributed by atoms with Gasteiger partial charge in [0.05, 0.1) is 5.92 Å². The van der Waals surface area contributed by atoms with Gasteiger partial charge in [0.25, 0.3) is 0 Å². The van der Waals surface area contributed by atoms with Crippen LogP contribution in [0, 0.1) is 0 Å². The zero-order chi connectivity index (χ0) is 21.0. The summed E-state index contributed by atoms with van der Waals surface area (Å²) in [5, 5.41) is 0. The number of rotatable bonds is 4. The van der Waals surface area contributed by atoms with Gasteiger partial charge < -0.3 is 9.64 Å². The SMILES string of the molecule is O=C(C1c2ccccc2Oc2ccccc21)N1CCN(CC=Cc2ccccc2)CC1. The summed E-state index contributed by atoms with van der Waals surface area (Å²) in [6.07, 6.45) is 4.37. The molecule has 3 aromatic carbocycles. The Bertz CT molecular complexity index is 1040. The van der Waals surface area contributed by atoms with Crippen molar-refractivity contribution in [1.29, 1.82) is 0 Å². The normalized spacial score (nSPS) is 16.6. The van der Waals surface area contributed by atoms with Crippen LogP contribution in [0.25, 0.3) is 6.08 Å². The van der Waals surface area contributed by atoms with Crippen LogP contribution < -0.4 is 4.74 Å². The molecule has 0 spiro atoms. The summed E-state index contributed by atoms with van der Waals surface area (Å²) in [5.74, 6) is 1.43. The van der Waals surface area contributed by atoms with E-state index in [0.717, 1.165) is 55.3 Å². The molecule has 5 rings (SSSR count). The van der Waals surface area contributed by atoms with Crippen molar-refractivity contribution in [2.75, 3.05) is 32.7 Å². The fourth-order valence-corrected chi connectivity index (χ4v) is 4.41. The van der Waals surface area contributed by atoms with E-state index in [9.17, 15) is 4.79 Å². The lowest BCUT2D eigenvalue weighted by atomic mass is 9.86. The number of benzene rings is 3. The van der Waals surface area contributed by atoms with Crippen molar-refractivity contribution in [2.45, 2.75) is 5.92 Å². The maximum Gasteiger partial charge on any atom is 0.234 e. The van der Waals surface area contributed by atoms with Crippen LogP contribution in [0.5, 0.6) is 11.5 Å². The second-order valence-electron chi connectivity index (χ2n) is 8.05. The molecule has 0 atom stereocenters. The third-order valence-corrected chi connectivity index (χ3v) is 6.08. The molecule has 0 bridgehead atoms. The number of carbonyl (C=O) groups excluding carboxylic acids is 1. The number of amides is 1. The first-order valence-electron chi connectivity index (χ1n) is 10.9. The molecule has 1 fully saturated rings. The van der Waals surface area contributed by atoms with Crippen LogP contribution in [0.1, 0.15) is 22.6 Å². The number of ether oxygens (including phenoxy) is 1. The van der Waals surface area contributed by atoms with Crippen molar-refractivity contribution in [2.24, 2.45) is 0 Å². The summed E-state index contributed by atoms with van der Waals surface area (Å²) >= 11 is 0. The third kappa shape index (κ3) is 4.12. The van der Waals surface area contributed by atoms with Crippen LogP contribution in [0.4, 0.5) is 0 Å². The highest BCUT2D eigenvalue weighted by Gasteiger charge is 2.35. The Morgan fingerprint density at radius 3 is 2.03 bits per heavy atom. The van der Waals surface area contributed by atoms with Gasteiger partial charge in [-0.15, -0.1) is 0 Å². The van der Waals surface area contributed by atoms with E-state index in [4.69, 9.17) is 4.74 Å². The highest BCUT2D eigenvalue weighted by molar-refractivity contribution is 5.89. The molecule has 0 radical (unpaired) electrons. The minimum atomic E-state index is -0.300. The van der Waals surface area contributed by atoms with E-state index in [1.54, 1.807) is 0 Å². The molecule has 0 N–H and O–H groups in total. The minimum Gasteiger partial charge on any atom is -0.457 e. The minimum absolute atomic E-state index is 0.169. The van der Waals surface area contributed by atoms with Crippen molar-refractivity contribution in [3.63, 3.8) is 0 Å². The predicted molar refractivity (Wildman–Crippen MR) is 123 cm³/mol. The second kappa shape index (κ2) is 8.78. The molecule has 0 aromatic heterocycles. The van der Waals surface area contributed by atoms with Crippen LogP contribution in [0.15, 0.2) is 84.9 Å². The largest absolute Gasteiger partial charge is 0.457 e.